The van der Waals surface area contributed by atoms with Crippen LogP contribution < -0.4 is 15.0 Å². The van der Waals surface area contributed by atoms with Crippen LogP contribution in [0.15, 0.2) is 24.5 Å². The lowest BCUT2D eigenvalue weighted by Crippen LogP contribution is -2.49. The van der Waals surface area contributed by atoms with Crippen molar-refractivity contribution in [3.05, 3.63) is 35.9 Å². The van der Waals surface area contributed by atoms with Gasteiger partial charge in [0.25, 0.3) is 0 Å². The van der Waals surface area contributed by atoms with Crippen molar-refractivity contribution in [1.82, 2.24) is 14.9 Å². The molecular weight excluding hydrogens is 439 g/mol. The lowest BCUT2D eigenvalue weighted by atomic mass is 10.0. The van der Waals surface area contributed by atoms with Crippen molar-refractivity contribution in [2.75, 3.05) is 36.5 Å². The highest BCUT2D eigenvalue weighted by molar-refractivity contribution is 5.72. The number of likely N-dealkylation sites (tertiary alicyclic amines) is 1. The lowest BCUT2D eigenvalue weighted by Gasteiger charge is -2.41. The Labute approximate surface area is 197 Å². The number of aromatic nitrogens is 2. The van der Waals surface area contributed by atoms with Crippen LogP contribution in [-0.2, 0) is 4.74 Å². The number of carbonyl (C=O) groups excluding carboxylic acids is 1. The fourth-order valence-electron chi connectivity index (χ4n) is 4.90. The minimum absolute atomic E-state index is 0.0694. The van der Waals surface area contributed by atoms with Gasteiger partial charge in [0.05, 0.1) is 23.9 Å². The quantitative estimate of drug-likeness (QED) is 0.722. The Kier molecular flexibility index (Phi) is 6.34. The SMILES string of the molecule is N#Cc1ccc(Nc2ncnc3c2OCCN3C2CCN(C(=O)OC3CCCC3)CC2)c(F)c1. The summed E-state index contributed by atoms with van der Waals surface area (Å²) in [5.74, 6) is 0.956. The number of nitriles is 1. The molecule has 1 aromatic carbocycles. The normalized spacial score (nSPS) is 18.7. The molecule has 178 valence electrons. The second-order valence-corrected chi connectivity index (χ2v) is 8.86. The number of anilines is 3. The molecule has 2 fully saturated rings. The van der Waals surface area contributed by atoms with Gasteiger partial charge in [-0.15, -0.1) is 0 Å². The average molecular weight is 467 g/mol. The number of carbonyl (C=O) groups is 1. The van der Waals surface area contributed by atoms with Crippen LogP contribution in [0.2, 0.25) is 0 Å². The Balaban J connectivity index is 1.26. The number of rotatable bonds is 4. The number of ether oxygens (including phenoxy) is 2. The molecule has 1 amide bonds. The standard InChI is InChI=1S/C24H27FN6O3/c25-19-13-16(14-26)5-6-20(19)29-22-21-23(28-15-27-22)31(11-12-33-21)17-7-9-30(10-8-17)24(32)34-18-3-1-2-4-18/h5-6,13,15,17-18H,1-4,7-12H2,(H,27,28,29). The molecule has 3 heterocycles. The zero-order valence-corrected chi connectivity index (χ0v) is 18.9. The molecule has 1 aliphatic carbocycles. The average Bonchev–Trinajstić information content (AvgIpc) is 3.38. The number of amides is 1. The van der Waals surface area contributed by atoms with Gasteiger partial charge in [-0.25, -0.2) is 19.2 Å². The van der Waals surface area contributed by atoms with Crippen LogP contribution in [0.3, 0.4) is 0 Å². The Morgan fingerprint density at radius 1 is 1.18 bits per heavy atom. The summed E-state index contributed by atoms with van der Waals surface area (Å²) in [4.78, 5) is 25.2. The minimum Gasteiger partial charge on any atom is -0.485 e. The van der Waals surface area contributed by atoms with Gasteiger partial charge in [-0.1, -0.05) is 0 Å². The van der Waals surface area contributed by atoms with E-state index in [1.54, 1.807) is 4.90 Å². The second-order valence-electron chi connectivity index (χ2n) is 8.86. The molecule has 0 bridgehead atoms. The topological polar surface area (TPSA) is 104 Å². The van der Waals surface area contributed by atoms with Crippen molar-refractivity contribution in [3.63, 3.8) is 0 Å². The second kappa shape index (κ2) is 9.71. The molecule has 10 heteroatoms. The summed E-state index contributed by atoms with van der Waals surface area (Å²) in [6.07, 6.45) is 7.10. The molecule has 1 aromatic heterocycles. The third-order valence-corrected chi connectivity index (χ3v) is 6.72. The number of nitrogens with zero attached hydrogens (tertiary/aromatic N) is 5. The molecule has 9 nitrogen and oxygen atoms in total. The smallest absolute Gasteiger partial charge is 0.410 e. The fraction of sp³-hybridized carbons (Fsp3) is 0.500. The first-order valence-electron chi connectivity index (χ1n) is 11.8. The van der Waals surface area contributed by atoms with Gasteiger partial charge in [-0.3, -0.25) is 0 Å². The van der Waals surface area contributed by atoms with Crippen LogP contribution in [0.5, 0.6) is 5.75 Å². The molecule has 34 heavy (non-hydrogen) atoms. The maximum atomic E-state index is 14.4. The summed E-state index contributed by atoms with van der Waals surface area (Å²) in [5, 5.41) is 11.9. The Bertz CT molecular complexity index is 1090. The Hall–Kier alpha value is -3.61. The fourth-order valence-corrected chi connectivity index (χ4v) is 4.90. The van der Waals surface area contributed by atoms with E-state index in [4.69, 9.17) is 14.7 Å². The molecule has 0 radical (unpaired) electrons. The van der Waals surface area contributed by atoms with Crippen molar-refractivity contribution >= 4 is 23.4 Å². The van der Waals surface area contributed by atoms with Gasteiger partial charge >= 0.3 is 6.09 Å². The van der Waals surface area contributed by atoms with E-state index in [-0.39, 0.29) is 29.5 Å². The molecule has 0 spiro atoms. The van der Waals surface area contributed by atoms with Gasteiger partial charge in [-0.05, 0) is 56.7 Å². The number of hydrogen-bond donors (Lipinski definition) is 1. The van der Waals surface area contributed by atoms with E-state index in [1.807, 2.05) is 6.07 Å². The van der Waals surface area contributed by atoms with Crippen molar-refractivity contribution < 1.29 is 18.7 Å². The van der Waals surface area contributed by atoms with E-state index in [9.17, 15) is 9.18 Å². The minimum atomic E-state index is -0.545. The van der Waals surface area contributed by atoms with Crippen LogP contribution in [0, 0.1) is 17.1 Å². The van der Waals surface area contributed by atoms with Gasteiger partial charge in [0, 0.05) is 19.1 Å². The third-order valence-electron chi connectivity index (χ3n) is 6.72. The number of halogens is 1. The summed E-state index contributed by atoms with van der Waals surface area (Å²) < 4.78 is 25.9. The van der Waals surface area contributed by atoms with E-state index >= 15 is 0 Å². The number of hydrogen-bond acceptors (Lipinski definition) is 8. The number of piperidine rings is 1. The first kappa shape index (κ1) is 22.2. The molecule has 1 saturated heterocycles. The van der Waals surface area contributed by atoms with E-state index in [2.05, 4.69) is 20.2 Å². The van der Waals surface area contributed by atoms with Crippen molar-refractivity contribution in [2.24, 2.45) is 0 Å². The van der Waals surface area contributed by atoms with Gasteiger partial charge in [-0.2, -0.15) is 5.26 Å². The first-order valence-corrected chi connectivity index (χ1v) is 11.8. The molecule has 0 atom stereocenters. The Morgan fingerprint density at radius 2 is 1.97 bits per heavy atom. The number of fused-ring (bicyclic) bond motifs is 1. The molecule has 2 aliphatic heterocycles. The third kappa shape index (κ3) is 4.55. The highest BCUT2D eigenvalue weighted by Gasteiger charge is 2.33. The first-order chi connectivity index (χ1) is 16.6. The lowest BCUT2D eigenvalue weighted by molar-refractivity contribution is 0.0582. The predicted octanol–water partition coefficient (Wildman–Crippen LogP) is 3.97. The molecule has 0 unspecified atom stereocenters. The molecule has 1 N–H and O–H groups in total. The maximum Gasteiger partial charge on any atom is 0.410 e. The molecule has 2 aromatic rings. The monoisotopic (exact) mass is 466 g/mol. The largest absolute Gasteiger partial charge is 0.485 e. The summed E-state index contributed by atoms with van der Waals surface area (Å²) in [6.45, 7) is 2.39. The molecule has 5 rings (SSSR count). The van der Waals surface area contributed by atoms with Gasteiger partial charge in [0.2, 0.25) is 5.75 Å². The molecule has 1 saturated carbocycles. The number of benzene rings is 1. The van der Waals surface area contributed by atoms with Crippen LogP contribution in [0.25, 0.3) is 0 Å². The van der Waals surface area contributed by atoms with Crippen LogP contribution in [0.1, 0.15) is 44.1 Å². The Morgan fingerprint density at radius 3 is 2.71 bits per heavy atom. The summed E-state index contributed by atoms with van der Waals surface area (Å²) in [7, 11) is 0. The van der Waals surface area contributed by atoms with E-state index < -0.39 is 5.82 Å². The van der Waals surface area contributed by atoms with Gasteiger partial charge < -0.3 is 24.6 Å². The zero-order valence-electron chi connectivity index (χ0n) is 18.9. The van der Waals surface area contributed by atoms with Gasteiger partial charge in [0.1, 0.15) is 24.9 Å². The zero-order chi connectivity index (χ0) is 23.5. The van der Waals surface area contributed by atoms with Crippen molar-refractivity contribution in [2.45, 2.75) is 50.7 Å². The van der Waals surface area contributed by atoms with Crippen LogP contribution >= 0.6 is 0 Å². The van der Waals surface area contributed by atoms with E-state index in [1.165, 1.54) is 24.5 Å². The summed E-state index contributed by atoms with van der Waals surface area (Å²) in [6, 6.07) is 6.34. The van der Waals surface area contributed by atoms with Crippen molar-refractivity contribution in [3.8, 4) is 11.8 Å². The van der Waals surface area contributed by atoms with Gasteiger partial charge in [0.15, 0.2) is 11.6 Å². The number of nitrogens with one attached hydrogen (secondary N) is 1. The van der Waals surface area contributed by atoms with Crippen LogP contribution in [0.4, 0.5) is 26.5 Å². The predicted molar refractivity (Wildman–Crippen MR) is 123 cm³/mol. The highest BCUT2D eigenvalue weighted by atomic mass is 19.1. The summed E-state index contributed by atoms with van der Waals surface area (Å²) >= 11 is 0. The van der Waals surface area contributed by atoms with E-state index in [0.29, 0.717) is 43.6 Å². The van der Waals surface area contributed by atoms with E-state index in [0.717, 1.165) is 38.5 Å². The molecular formula is C24H27FN6O3. The maximum absolute atomic E-state index is 14.4. The molecule has 3 aliphatic rings. The van der Waals surface area contributed by atoms with Crippen molar-refractivity contribution in [1.29, 1.82) is 5.26 Å². The summed E-state index contributed by atoms with van der Waals surface area (Å²) in [5.41, 5.74) is 0.448. The highest BCUT2D eigenvalue weighted by Crippen LogP contribution is 2.39. The van der Waals surface area contributed by atoms with Crippen LogP contribution in [-0.4, -0.2) is 59.3 Å².